The molecule has 202 valence electrons. The third kappa shape index (κ3) is 5.46. The lowest BCUT2D eigenvalue weighted by atomic mass is 9.87. The minimum Gasteiger partial charge on any atom is -0.330 e. The number of pyridine rings is 1. The van der Waals surface area contributed by atoms with Crippen molar-refractivity contribution in [2.45, 2.75) is 45.6 Å². The molecule has 0 saturated heterocycles. The van der Waals surface area contributed by atoms with Crippen LogP contribution in [0.1, 0.15) is 56.8 Å². The van der Waals surface area contributed by atoms with Gasteiger partial charge in [-0.25, -0.2) is 8.78 Å². The molecule has 2 atom stereocenters. The molecule has 0 spiro atoms. The number of carbonyl (C=O) groups excluding carboxylic acids is 2. The minimum absolute atomic E-state index is 0.0175. The molecule has 0 fully saturated rings. The number of nitrogens with one attached hydrogen (secondary N) is 1. The molecule has 8 heteroatoms. The van der Waals surface area contributed by atoms with Crippen LogP contribution in [0, 0.1) is 23.5 Å². The molecular formula is C31H30ClF2N3O2. The van der Waals surface area contributed by atoms with Gasteiger partial charge in [-0.2, -0.15) is 0 Å². The Bertz CT molecular complexity index is 1460. The number of rotatable bonds is 3. The van der Waals surface area contributed by atoms with Crippen molar-refractivity contribution >= 4 is 34.7 Å². The number of carbonyl (C=O) groups is 2. The first-order chi connectivity index (χ1) is 18.7. The Balaban J connectivity index is 1.54. The van der Waals surface area contributed by atoms with E-state index in [0.29, 0.717) is 19.3 Å². The summed E-state index contributed by atoms with van der Waals surface area (Å²) < 4.78 is 29.2. The topological polar surface area (TPSA) is 62.3 Å². The number of anilines is 1. The predicted molar refractivity (Wildman–Crippen MR) is 149 cm³/mol. The molecule has 5 rings (SSSR count). The Hall–Kier alpha value is -3.58. The van der Waals surface area contributed by atoms with E-state index in [1.807, 2.05) is 50.2 Å². The summed E-state index contributed by atoms with van der Waals surface area (Å²) in [6.07, 6.45) is 5.25. The zero-order valence-electron chi connectivity index (χ0n) is 21.9. The zero-order valence-corrected chi connectivity index (χ0v) is 22.6. The number of aromatic nitrogens is 1. The molecular weight excluding hydrogens is 520 g/mol. The van der Waals surface area contributed by atoms with Gasteiger partial charge in [0.25, 0.3) is 0 Å². The Labute approximate surface area is 231 Å². The largest absolute Gasteiger partial charge is 0.330 e. The van der Waals surface area contributed by atoms with Crippen molar-refractivity contribution in [3.63, 3.8) is 0 Å². The van der Waals surface area contributed by atoms with E-state index in [1.54, 1.807) is 11.1 Å². The Morgan fingerprint density at radius 2 is 1.87 bits per heavy atom. The quantitative estimate of drug-likeness (QED) is 0.345. The SMILES string of the molecule is CC(C)C1CCCC(N2CCC(c3c(F)ccc(Cl)c3F)=CC2=O)c2cc(ccn2)-c2ccccc2NC1=O. The van der Waals surface area contributed by atoms with Crippen molar-refractivity contribution < 1.29 is 18.4 Å². The fourth-order valence-electron chi connectivity index (χ4n) is 5.61. The lowest BCUT2D eigenvalue weighted by Gasteiger charge is -2.35. The van der Waals surface area contributed by atoms with E-state index in [1.165, 1.54) is 12.1 Å². The van der Waals surface area contributed by atoms with E-state index >= 15 is 0 Å². The highest BCUT2D eigenvalue weighted by Gasteiger charge is 2.32. The van der Waals surface area contributed by atoms with Gasteiger partial charge < -0.3 is 10.2 Å². The summed E-state index contributed by atoms with van der Waals surface area (Å²) >= 11 is 5.90. The Morgan fingerprint density at radius 3 is 2.64 bits per heavy atom. The maximum atomic E-state index is 14.7. The fourth-order valence-corrected chi connectivity index (χ4v) is 5.77. The number of halogens is 3. The second kappa shape index (κ2) is 11.3. The molecule has 3 aromatic rings. The lowest BCUT2D eigenvalue weighted by molar-refractivity contribution is -0.129. The summed E-state index contributed by atoms with van der Waals surface area (Å²) in [6.45, 7) is 4.35. The number of hydrogen-bond acceptors (Lipinski definition) is 3. The van der Waals surface area contributed by atoms with Gasteiger partial charge in [0.15, 0.2) is 5.82 Å². The third-order valence-electron chi connectivity index (χ3n) is 7.70. The summed E-state index contributed by atoms with van der Waals surface area (Å²) in [5.41, 5.74) is 3.25. The molecule has 2 aliphatic rings. The van der Waals surface area contributed by atoms with Crippen LogP contribution in [-0.2, 0) is 9.59 Å². The third-order valence-corrected chi connectivity index (χ3v) is 7.99. The van der Waals surface area contributed by atoms with Crippen LogP contribution in [0.5, 0.6) is 0 Å². The second-order valence-corrected chi connectivity index (χ2v) is 10.9. The van der Waals surface area contributed by atoms with E-state index < -0.39 is 11.6 Å². The minimum atomic E-state index is -0.860. The summed E-state index contributed by atoms with van der Waals surface area (Å²) in [5.74, 6) is -2.02. The molecule has 1 aromatic heterocycles. The molecule has 0 saturated carbocycles. The highest BCUT2D eigenvalue weighted by atomic mass is 35.5. The van der Waals surface area contributed by atoms with Crippen LogP contribution in [-0.4, -0.2) is 28.2 Å². The van der Waals surface area contributed by atoms with E-state index in [4.69, 9.17) is 11.6 Å². The smallest absolute Gasteiger partial charge is 0.247 e. The van der Waals surface area contributed by atoms with Gasteiger partial charge in [0.05, 0.1) is 22.3 Å². The average molecular weight is 550 g/mol. The van der Waals surface area contributed by atoms with Crippen LogP contribution in [0.25, 0.3) is 16.7 Å². The van der Waals surface area contributed by atoms with Crippen LogP contribution in [0.2, 0.25) is 5.02 Å². The van der Waals surface area contributed by atoms with Crippen molar-refractivity contribution in [2.75, 3.05) is 11.9 Å². The number of hydrogen-bond donors (Lipinski definition) is 1. The normalized spacial score (nSPS) is 20.1. The van der Waals surface area contributed by atoms with Crippen molar-refractivity contribution in [1.82, 2.24) is 9.88 Å². The number of para-hydroxylation sites is 1. The number of benzene rings is 2. The number of fused-ring (bicyclic) bond motifs is 4. The van der Waals surface area contributed by atoms with E-state index in [9.17, 15) is 18.4 Å². The Morgan fingerprint density at radius 1 is 1.08 bits per heavy atom. The van der Waals surface area contributed by atoms with Crippen LogP contribution in [0.3, 0.4) is 0 Å². The fraction of sp³-hybridized carbons (Fsp3) is 0.323. The van der Waals surface area contributed by atoms with E-state index in [0.717, 1.165) is 28.6 Å². The zero-order chi connectivity index (χ0) is 27.7. The van der Waals surface area contributed by atoms with Crippen LogP contribution >= 0.6 is 11.6 Å². The van der Waals surface area contributed by atoms with E-state index in [2.05, 4.69) is 10.3 Å². The molecule has 2 bridgehead atoms. The maximum absolute atomic E-state index is 14.7. The highest BCUT2D eigenvalue weighted by molar-refractivity contribution is 6.31. The molecule has 1 N–H and O–H groups in total. The first kappa shape index (κ1) is 27.0. The molecule has 5 nitrogen and oxygen atoms in total. The summed E-state index contributed by atoms with van der Waals surface area (Å²) in [7, 11) is 0. The van der Waals surface area contributed by atoms with Gasteiger partial charge >= 0.3 is 0 Å². The molecule has 0 aliphatic carbocycles. The molecule has 2 aromatic carbocycles. The van der Waals surface area contributed by atoms with Gasteiger partial charge in [-0.3, -0.25) is 14.6 Å². The van der Waals surface area contributed by atoms with Crippen molar-refractivity contribution in [1.29, 1.82) is 0 Å². The van der Waals surface area contributed by atoms with Crippen LogP contribution in [0.4, 0.5) is 14.5 Å². The van der Waals surface area contributed by atoms with Crippen LogP contribution in [0.15, 0.2) is 60.8 Å². The summed E-state index contributed by atoms with van der Waals surface area (Å²) in [6, 6.07) is 13.4. The average Bonchev–Trinajstić information content (AvgIpc) is 2.91. The standard InChI is InChI=1S/C31H30ClF2N3O2/c1-18(2)21-7-5-9-27(26-16-19(12-14-35-26)22-6-3-4-8-25(22)36-31(21)39)37-15-13-20(17-28(37)38)29-24(33)11-10-23(32)30(29)34/h3-4,6,8,10-12,14,16-18,21,27H,5,7,9,13,15H2,1-2H3,(H,36,39). The van der Waals surface area contributed by atoms with E-state index in [-0.39, 0.29) is 58.8 Å². The van der Waals surface area contributed by atoms with Gasteiger partial charge in [0, 0.05) is 36.0 Å². The first-order valence-electron chi connectivity index (χ1n) is 13.3. The summed E-state index contributed by atoms with van der Waals surface area (Å²) in [4.78, 5) is 33.1. The van der Waals surface area contributed by atoms with Crippen molar-refractivity contribution in [2.24, 2.45) is 11.8 Å². The monoisotopic (exact) mass is 549 g/mol. The van der Waals surface area contributed by atoms with Crippen molar-refractivity contribution in [3.8, 4) is 11.1 Å². The van der Waals surface area contributed by atoms with Crippen molar-refractivity contribution in [3.05, 3.63) is 88.7 Å². The van der Waals surface area contributed by atoms with Gasteiger partial charge in [0.1, 0.15) is 5.82 Å². The number of nitrogens with zero attached hydrogens (tertiary/aromatic N) is 2. The number of amides is 2. The molecule has 2 aliphatic heterocycles. The van der Waals surface area contributed by atoms with Gasteiger partial charge in [-0.1, -0.05) is 50.1 Å². The van der Waals surface area contributed by atoms with Gasteiger partial charge in [0.2, 0.25) is 11.8 Å². The lowest BCUT2D eigenvalue weighted by Crippen LogP contribution is -2.38. The maximum Gasteiger partial charge on any atom is 0.247 e. The molecule has 2 unspecified atom stereocenters. The van der Waals surface area contributed by atoms with Crippen LogP contribution < -0.4 is 5.32 Å². The summed E-state index contributed by atoms with van der Waals surface area (Å²) in [5, 5.41) is 2.94. The van der Waals surface area contributed by atoms with Gasteiger partial charge in [-0.05, 0) is 66.6 Å². The molecule has 3 heterocycles. The second-order valence-electron chi connectivity index (χ2n) is 10.5. The molecule has 0 radical (unpaired) electrons. The van der Waals surface area contributed by atoms with Gasteiger partial charge in [-0.15, -0.1) is 0 Å². The molecule has 39 heavy (non-hydrogen) atoms. The highest BCUT2D eigenvalue weighted by Crippen LogP contribution is 2.37. The Kier molecular flexibility index (Phi) is 7.80. The molecule has 2 amide bonds. The first-order valence-corrected chi connectivity index (χ1v) is 13.6. The predicted octanol–water partition coefficient (Wildman–Crippen LogP) is 7.43.